The van der Waals surface area contributed by atoms with E-state index in [0.717, 1.165) is 5.56 Å². The average Bonchev–Trinajstić information content (AvgIpc) is 2.50. The minimum Gasteiger partial charge on any atom is -0.493 e. The van der Waals surface area contributed by atoms with Crippen molar-refractivity contribution in [1.29, 1.82) is 0 Å². The minimum absolute atomic E-state index is 0.167. The minimum atomic E-state index is -0.309. The quantitative estimate of drug-likeness (QED) is 0.713. The maximum Gasteiger partial charge on any atom is 0.229 e. The van der Waals surface area contributed by atoms with Gasteiger partial charge >= 0.3 is 0 Å². The largest absolute Gasteiger partial charge is 0.493 e. The molecule has 22 heavy (non-hydrogen) atoms. The Morgan fingerprint density at radius 1 is 1.05 bits per heavy atom. The average molecular weight is 308 g/mol. The first kappa shape index (κ1) is 17.8. The Morgan fingerprint density at radius 3 is 2.27 bits per heavy atom. The van der Waals surface area contributed by atoms with Crippen molar-refractivity contribution < 1.29 is 19.1 Å². The molecule has 0 aliphatic carbocycles. The molecule has 0 bridgehead atoms. The van der Waals surface area contributed by atoms with E-state index in [2.05, 4.69) is 10.6 Å². The molecule has 0 aliphatic heterocycles. The second kappa shape index (κ2) is 8.92. The smallest absolute Gasteiger partial charge is 0.229 e. The number of benzene rings is 1. The highest BCUT2D eigenvalue weighted by atomic mass is 16.5. The third kappa shape index (κ3) is 6.03. The number of methoxy groups -OCH3 is 2. The van der Waals surface area contributed by atoms with Gasteiger partial charge < -0.3 is 20.1 Å². The predicted octanol–water partition coefficient (Wildman–Crippen LogP) is 1.48. The van der Waals surface area contributed by atoms with E-state index >= 15 is 0 Å². The molecule has 0 atom stereocenters. The third-order valence-corrected chi connectivity index (χ3v) is 2.97. The normalized spacial score (nSPS) is 10.2. The van der Waals surface area contributed by atoms with Gasteiger partial charge in [-0.3, -0.25) is 9.59 Å². The molecule has 2 N–H and O–H groups in total. The maximum absolute atomic E-state index is 11.7. The molecule has 1 rings (SSSR count). The molecule has 1 aromatic rings. The Labute approximate surface area is 131 Å². The Hall–Kier alpha value is -2.24. The van der Waals surface area contributed by atoms with Gasteiger partial charge in [-0.2, -0.15) is 0 Å². The first-order valence-electron chi connectivity index (χ1n) is 7.20. The van der Waals surface area contributed by atoms with Gasteiger partial charge in [0, 0.05) is 13.1 Å². The molecule has 0 aromatic heterocycles. The van der Waals surface area contributed by atoms with E-state index in [0.29, 0.717) is 30.5 Å². The molecule has 6 nitrogen and oxygen atoms in total. The summed E-state index contributed by atoms with van der Waals surface area (Å²) < 4.78 is 10.4. The molecule has 6 heteroatoms. The van der Waals surface area contributed by atoms with Crippen molar-refractivity contribution in [3.8, 4) is 11.5 Å². The van der Waals surface area contributed by atoms with Crippen LogP contribution in [0.25, 0.3) is 0 Å². The van der Waals surface area contributed by atoms with Crippen molar-refractivity contribution in [2.75, 3.05) is 20.8 Å². The highest BCUT2D eigenvalue weighted by Gasteiger charge is 2.10. The van der Waals surface area contributed by atoms with Crippen LogP contribution in [0.1, 0.15) is 25.8 Å². The number of carbonyl (C=O) groups excluding carboxylic acids is 2. The van der Waals surface area contributed by atoms with Gasteiger partial charge in [0.15, 0.2) is 11.5 Å². The van der Waals surface area contributed by atoms with Crippen molar-refractivity contribution in [3.05, 3.63) is 23.8 Å². The van der Waals surface area contributed by atoms with E-state index in [1.165, 1.54) is 0 Å². The number of rotatable bonds is 8. The van der Waals surface area contributed by atoms with Crippen LogP contribution in [0.5, 0.6) is 11.5 Å². The highest BCUT2D eigenvalue weighted by Crippen LogP contribution is 2.27. The van der Waals surface area contributed by atoms with Gasteiger partial charge in [0.05, 0.1) is 14.2 Å². The fraction of sp³-hybridized carbons (Fsp3) is 0.500. The van der Waals surface area contributed by atoms with Crippen LogP contribution in [0, 0.1) is 5.92 Å². The number of carbonyl (C=O) groups is 2. The zero-order valence-corrected chi connectivity index (χ0v) is 13.6. The second-order valence-electron chi connectivity index (χ2n) is 5.34. The lowest BCUT2D eigenvalue weighted by Crippen LogP contribution is -2.33. The predicted molar refractivity (Wildman–Crippen MR) is 83.9 cm³/mol. The first-order valence-corrected chi connectivity index (χ1v) is 7.20. The molecule has 0 saturated heterocycles. The molecule has 1 aromatic carbocycles. The van der Waals surface area contributed by atoms with Crippen LogP contribution in [-0.4, -0.2) is 32.6 Å². The number of ether oxygens (including phenoxy) is 2. The fourth-order valence-electron chi connectivity index (χ4n) is 1.78. The molecule has 0 heterocycles. The standard InChI is InChI=1S/C16H24N2O4/c1-11(2)9-17-15(19)8-16(20)18-10-12-5-6-13(21-3)14(7-12)22-4/h5-7,11H,8-10H2,1-4H3,(H,17,19)(H,18,20). The summed E-state index contributed by atoms with van der Waals surface area (Å²) >= 11 is 0. The third-order valence-electron chi connectivity index (χ3n) is 2.97. The van der Waals surface area contributed by atoms with Gasteiger partial charge in [-0.25, -0.2) is 0 Å². The summed E-state index contributed by atoms with van der Waals surface area (Å²) in [5.41, 5.74) is 0.869. The molecular formula is C16H24N2O4. The van der Waals surface area contributed by atoms with Crippen LogP contribution < -0.4 is 20.1 Å². The first-order chi connectivity index (χ1) is 10.5. The van der Waals surface area contributed by atoms with Crippen LogP contribution in [0.4, 0.5) is 0 Å². The Bertz CT molecular complexity index is 515. The summed E-state index contributed by atoms with van der Waals surface area (Å²) in [4.78, 5) is 23.3. The Kier molecular flexibility index (Phi) is 7.22. The molecule has 0 aliphatic rings. The van der Waals surface area contributed by atoms with E-state index < -0.39 is 0 Å². The SMILES string of the molecule is COc1ccc(CNC(=O)CC(=O)NCC(C)C)cc1OC. The van der Waals surface area contributed by atoms with Crippen molar-refractivity contribution in [1.82, 2.24) is 10.6 Å². The topological polar surface area (TPSA) is 76.7 Å². The van der Waals surface area contributed by atoms with Crippen molar-refractivity contribution in [2.24, 2.45) is 5.92 Å². The van der Waals surface area contributed by atoms with E-state index in [1.807, 2.05) is 19.9 Å². The van der Waals surface area contributed by atoms with Gasteiger partial charge in [0.25, 0.3) is 0 Å². The second-order valence-corrected chi connectivity index (χ2v) is 5.34. The lowest BCUT2D eigenvalue weighted by atomic mass is 10.2. The summed E-state index contributed by atoms with van der Waals surface area (Å²) in [5, 5.41) is 5.42. The number of amides is 2. The van der Waals surface area contributed by atoms with E-state index in [4.69, 9.17) is 9.47 Å². The van der Waals surface area contributed by atoms with Gasteiger partial charge in [-0.15, -0.1) is 0 Å². The molecule has 0 unspecified atom stereocenters. The molecule has 0 saturated carbocycles. The fourth-order valence-corrected chi connectivity index (χ4v) is 1.78. The molecule has 0 fully saturated rings. The lowest BCUT2D eigenvalue weighted by Gasteiger charge is -2.11. The van der Waals surface area contributed by atoms with E-state index in [9.17, 15) is 9.59 Å². The maximum atomic E-state index is 11.7. The highest BCUT2D eigenvalue weighted by molar-refractivity contribution is 5.96. The van der Waals surface area contributed by atoms with Gasteiger partial charge in [-0.05, 0) is 23.6 Å². The van der Waals surface area contributed by atoms with Crippen molar-refractivity contribution >= 4 is 11.8 Å². The molecular weight excluding hydrogens is 284 g/mol. The van der Waals surface area contributed by atoms with Crippen LogP contribution >= 0.6 is 0 Å². The van der Waals surface area contributed by atoms with Crippen LogP contribution in [-0.2, 0) is 16.1 Å². The summed E-state index contributed by atoms with van der Waals surface area (Å²) in [6.07, 6.45) is -0.167. The van der Waals surface area contributed by atoms with Gasteiger partial charge in [0.1, 0.15) is 6.42 Å². The van der Waals surface area contributed by atoms with Gasteiger partial charge in [0.2, 0.25) is 11.8 Å². The van der Waals surface area contributed by atoms with Crippen LogP contribution in [0.3, 0.4) is 0 Å². The lowest BCUT2D eigenvalue weighted by molar-refractivity contribution is -0.129. The summed E-state index contributed by atoms with van der Waals surface area (Å²) in [5.74, 6) is 1.02. The van der Waals surface area contributed by atoms with E-state index in [-0.39, 0.29) is 18.2 Å². The number of hydrogen-bond donors (Lipinski definition) is 2. The van der Waals surface area contributed by atoms with Crippen molar-refractivity contribution in [3.63, 3.8) is 0 Å². The Morgan fingerprint density at radius 2 is 1.68 bits per heavy atom. The van der Waals surface area contributed by atoms with Crippen LogP contribution in [0.2, 0.25) is 0 Å². The number of nitrogens with one attached hydrogen (secondary N) is 2. The molecule has 0 spiro atoms. The van der Waals surface area contributed by atoms with E-state index in [1.54, 1.807) is 26.4 Å². The van der Waals surface area contributed by atoms with Crippen LogP contribution in [0.15, 0.2) is 18.2 Å². The van der Waals surface area contributed by atoms with Crippen molar-refractivity contribution in [2.45, 2.75) is 26.8 Å². The molecule has 122 valence electrons. The number of hydrogen-bond acceptors (Lipinski definition) is 4. The molecule has 0 radical (unpaired) electrons. The van der Waals surface area contributed by atoms with Gasteiger partial charge in [-0.1, -0.05) is 19.9 Å². The summed E-state index contributed by atoms with van der Waals surface area (Å²) in [6, 6.07) is 5.40. The zero-order valence-electron chi connectivity index (χ0n) is 13.6. The summed E-state index contributed by atoms with van der Waals surface area (Å²) in [6.45, 7) is 4.90. The summed E-state index contributed by atoms with van der Waals surface area (Å²) in [7, 11) is 3.12. The zero-order chi connectivity index (χ0) is 16.5. The Balaban J connectivity index is 2.45. The monoisotopic (exact) mass is 308 g/mol. The molecule has 2 amide bonds.